The van der Waals surface area contributed by atoms with Crippen molar-refractivity contribution in [3.63, 3.8) is 0 Å². The maximum absolute atomic E-state index is 11.5. The van der Waals surface area contributed by atoms with Crippen LogP contribution >= 0.6 is 0 Å². The van der Waals surface area contributed by atoms with Gasteiger partial charge in [-0.05, 0) is 28.8 Å². The largest absolute Gasteiger partial charge is 0.465 e. The molecule has 6 nitrogen and oxygen atoms in total. The summed E-state index contributed by atoms with van der Waals surface area (Å²) < 4.78 is 0. The van der Waals surface area contributed by atoms with Crippen molar-refractivity contribution in [2.75, 3.05) is 24.5 Å². The number of amides is 1. The highest BCUT2D eigenvalue weighted by Gasteiger charge is 2.31. The van der Waals surface area contributed by atoms with Crippen molar-refractivity contribution >= 4 is 11.8 Å². The molecule has 5 N–H and O–H groups in total. The fourth-order valence-electron chi connectivity index (χ4n) is 3.34. The highest BCUT2D eigenvalue weighted by Crippen LogP contribution is 2.31. The molecular formula is C19H24N4O2. The zero-order valence-electron chi connectivity index (χ0n) is 14.1. The van der Waals surface area contributed by atoms with Gasteiger partial charge in [-0.1, -0.05) is 36.4 Å². The first-order chi connectivity index (χ1) is 12.1. The zero-order chi connectivity index (χ0) is 17.8. The van der Waals surface area contributed by atoms with E-state index in [2.05, 4.69) is 23.1 Å². The first-order valence-corrected chi connectivity index (χ1v) is 8.45. The van der Waals surface area contributed by atoms with Gasteiger partial charge >= 0.3 is 6.09 Å². The molecular weight excluding hydrogens is 316 g/mol. The van der Waals surface area contributed by atoms with E-state index in [1.54, 1.807) is 0 Å². The summed E-state index contributed by atoms with van der Waals surface area (Å²) in [6.07, 6.45) is -0.879. The van der Waals surface area contributed by atoms with E-state index in [0.717, 1.165) is 22.4 Å². The minimum atomic E-state index is -0.879. The highest BCUT2D eigenvalue weighted by molar-refractivity contribution is 5.66. The number of anilines is 1. The molecule has 1 amide bonds. The molecule has 1 unspecified atom stereocenters. The van der Waals surface area contributed by atoms with Crippen LogP contribution in [0.15, 0.2) is 48.5 Å². The normalized spacial score (nSPS) is 17.6. The van der Waals surface area contributed by atoms with Gasteiger partial charge in [-0.15, -0.1) is 0 Å². The van der Waals surface area contributed by atoms with Crippen molar-refractivity contribution < 1.29 is 9.90 Å². The van der Waals surface area contributed by atoms with Gasteiger partial charge < -0.3 is 26.4 Å². The molecule has 0 radical (unpaired) electrons. The van der Waals surface area contributed by atoms with Crippen LogP contribution in [-0.2, 0) is 13.1 Å². The van der Waals surface area contributed by atoms with E-state index < -0.39 is 6.09 Å². The van der Waals surface area contributed by atoms with Crippen LogP contribution in [0.5, 0.6) is 0 Å². The molecule has 1 aliphatic heterocycles. The van der Waals surface area contributed by atoms with E-state index in [0.29, 0.717) is 32.7 Å². The molecule has 25 heavy (non-hydrogen) atoms. The zero-order valence-corrected chi connectivity index (χ0v) is 14.1. The van der Waals surface area contributed by atoms with Crippen molar-refractivity contribution in [1.29, 1.82) is 0 Å². The van der Waals surface area contributed by atoms with Crippen LogP contribution in [0.3, 0.4) is 0 Å². The van der Waals surface area contributed by atoms with Crippen LogP contribution in [0, 0.1) is 0 Å². The third-order valence-corrected chi connectivity index (χ3v) is 4.70. The lowest BCUT2D eigenvalue weighted by molar-refractivity contribution is 0.135. The second kappa shape index (κ2) is 7.55. The second-order valence-corrected chi connectivity index (χ2v) is 6.26. The molecule has 1 atom stereocenters. The summed E-state index contributed by atoms with van der Waals surface area (Å²) in [5.74, 6) is 0. The smallest absolute Gasteiger partial charge is 0.407 e. The fourth-order valence-corrected chi connectivity index (χ4v) is 3.34. The summed E-state index contributed by atoms with van der Waals surface area (Å²) in [7, 11) is 0. The molecule has 2 aromatic carbocycles. The third-order valence-electron chi connectivity index (χ3n) is 4.70. The van der Waals surface area contributed by atoms with Gasteiger partial charge in [-0.3, -0.25) is 0 Å². The molecule has 1 aliphatic rings. The molecule has 1 heterocycles. The van der Waals surface area contributed by atoms with E-state index >= 15 is 0 Å². The quantitative estimate of drug-likeness (QED) is 0.792. The number of rotatable bonds is 4. The van der Waals surface area contributed by atoms with E-state index in [9.17, 15) is 9.90 Å². The standard InChI is InChI=1S/C19H24N4O2/c20-11-14-3-1-5-16(9-14)18-13-22(19(24)25)7-8-23(18)17-6-2-4-15(10-17)12-21/h1-6,9-10,18H,7-8,11-13,20-21H2,(H,24,25). The highest BCUT2D eigenvalue weighted by atomic mass is 16.4. The van der Waals surface area contributed by atoms with Crippen LogP contribution in [-0.4, -0.2) is 35.7 Å². The minimum Gasteiger partial charge on any atom is -0.465 e. The lowest BCUT2D eigenvalue weighted by atomic mass is 9.99. The number of nitrogens with two attached hydrogens (primary N) is 2. The van der Waals surface area contributed by atoms with Crippen molar-refractivity contribution in [3.8, 4) is 0 Å². The van der Waals surface area contributed by atoms with Gasteiger partial charge in [-0.2, -0.15) is 0 Å². The average Bonchev–Trinajstić information content (AvgIpc) is 2.67. The molecule has 1 fully saturated rings. The maximum Gasteiger partial charge on any atom is 0.407 e. The Labute approximate surface area is 147 Å². The van der Waals surface area contributed by atoms with Crippen LogP contribution in [0.2, 0.25) is 0 Å². The molecule has 3 rings (SSSR count). The average molecular weight is 340 g/mol. The molecule has 6 heteroatoms. The van der Waals surface area contributed by atoms with Gasteiger partial charge in [0.25, 0.3) is 0 Å². The lowest BCUT2D eigenvalue weighted by Crippen LogP contribution is -2.50. The van der Waals surface area contributed by atoms with Crippen LogP contribution in [0.1, 0.15) is 22.7 Å². The Bertz CT molecular complexity index is 750. The molecule has 2 aromatic rings. The summed E-state index contributed by atoms with van der Waals surface area (Å²) >= 11 is 0. The summed E-state index contributed by atoms with van der Waals surface area (Å²) in [5.41, 5.74) is 15.8. The maximum atomic E-state index is 11.5. The number of hydrogen-bond donors (Lipinski definition) is 3. The van der Waals surface area contributed by atoms with Gasteiger partial charge in [0.05, 0.1) is 6.04 Å². The third kappa shape index (κ3) is 3.75. The summed E-state index contributed by atoms with van der Waals surface area (Å²) in [5, 5.41) is 9.41. The molecule has 132 valence electrons. The van der Waals surface area contributed by atoms with Crippen LogP contribution < -0.4 is 16.4 Å². The predicted octanol–water partition coefficient (Wildman–Crippen LogP) is 2.15. The fraction of sp³-hybridized carbons (Fsp3) is 0.316. The Kier molecular flexibility index (Phi) is 5.21. The van der Waals surface area contributed by atoms with Crippen molar-refractivity contribution in [1.82, 2.24) is 4.90 Å². The van der Waals surface area contributed by atoms with Gasteiger partial charge in [0, 0.05) is 38.4 Å². The molecule has 0 aliphatic carbocycles. The van der Waals surface area contributed by atoms with Crippen molar-refractivity contribution in [2.45, 2.75) is 19.1 Å². The summed E-state index contributed by atoms with van der Waals surface area (Å²) in [4.78, 5) is 15.2. The number of hydrogen-bond acceptors (Lipinski definition) is 4. The molecule has 0 saturated carbocycles. The number of nitrogens with zero attached hydrogens (tertiary/aromatic N) is 2. The molecule has 0 aromatic heterocycles. The first kappa shape index (κ1) is 17.3. The Morgan fingerprint density at radius 2 is 1.72 bits per heavy atom. The minimum absolute atomic E-state index is 0.0515. The number of piperazine rings is 1. The van der Waals surface area contributed by atoms with E-state index in [1.165, 1.54) is 4.90 Å². The van der Waals surface area contributed by atoms with E-state index in [4.69, 9.17) is 11.5 Å². The predicted molar refractivity (Wildman–Crippen MR) is 98.4 cm³/mol. The Hall–Kier alpha value is -2.57. The number of carboxylic acid groups (broad SMARTS) is 1. The Balaban J connectivity index is 1.97. The van der Waals surface area contributed by atoms with Gasteiger partial charge in [-0.25, -0.2) is 4.79 Å². The summed E-state index contributed by atoms with van der Waals surface area (Å²) in [6.45, 7) is 2.49. The molecule has 1 saturated heterocycles. The monoisotopic (exact) mass is 340 g/mol. The molecule has 0 bridgehead atoms. The van der Waals surface area contributed by atoms with Crippen LogP contribution in [0.4, 0.5) is 10.5 Å². The SMILES string of the molecule is NCc1cccc(C2CN(C(=O)O)CCN2c2cccc(CN)c2)c1. The van der Waals surface area contributed by atoms with Gasteiger partial charge in [0.2, 0.25) is 0 Å². The Morgan fingerprint density at radius 3 is 2.40 bits per heavy atom. The molecule has 0 spiro atoms. The van der Waals surface area contributed by atoms with Gasteiger partial charge in [0.1, 0.15) is 0 Å². The van der Waals surface area contributed by atoms with Crippen LogP contribution in [0.25, 0.3) is 0 Å². The Morgan fingerprint density at radius 1 is 1.04 bits per heavy atom. The van der Waals surface area contributed by atoms with Crippen molar-refractivity contribution in [3.05, 3.63) is 65.2 Å². The number of benzene rings is 2. The van der Waals surface area contributed by atoms with Gasteiger partial charge in [0.15, 0.2) is 0 Å². The van der Waals surface area contributed by atoms with E-state index in [1.807, 2.05) is 30.3 Å². The number of carbonyl (C=O) groups is 1. The first-order valence-electron chi connectivity index (χ1n) is 8.45. The lowest BCUT2D eigenvalue weighted by Gasteiger charge is -2.42. The summed E-state index contributed by atoms with van der Waals surface area (Å²) in [6, 6.07) is 16.1. The van der Waals surface area contributed by atoms with E-state index in [-0.39, 0.29) is 6.04 Å². The second-order valence-electron chi connectivity index (χ2n) is 6.26. The van der Waals surface area contributed by atoms with Crippen molar-refractivity contribution in [2.24, 2.45) is 11.5 Å². The topological polar surface area (TPSA) is 95.8 Å².